The number of pyridine rings is 1. The van der Waals surface area contributed by atoms with Gasteiger partial charge in [0.05, 0.1) is 30.4 Å². The number of sulfonamides is 1. The molecular weight excluding hydrogens is 354 g/mol. The molecule has 0 saturated carbocycles. The van der Waals surface area contributed by atoms with E-state index in [4.69, 9.17) is 4.74 Å². The van der Waals surface area contributed by atoms with Crippen molar-refractivity contribution in [2.24, 2.45) is 0 Å². The highest BCUT2D eigenvalue weighted by Crippen LogP contribution is 2.30. The first-order chi connectivity index (χ1) is 12.4. The molecule has 1 aromatic carbocycles. The topological polar surface area (TPSA) is 88.6 Å². The Labute approximate surface area is 154 Å². The predicted octanol–water partition coefficient (Wildman–Crippen LogP) is 2.67. The minimum absolute atomic E-state index is 0.184. The maximum atomic E-state index is 12.2. The van der Waals surface area contributed by atoms with Gasteiger partial charge in [-0.15, -0.1) is 0 Å². The summed E-state index contributed by atoms with van der Waals surface area (Å²) in [5.74, 6) is 0.310. The van der Waals surface area contributed by atoms with Crippen LogP contribution in [0.15, 0.2) is 48.8 Å². The van der Waals surface area contributed by atoms with Crippen LogP contribution < -0.4 is 14.4 Å². The summed E-state index contributed by atoms with van der Waals surface area (Å²) in [7, 11) is -3.50. The fraction of sp³-hybridized carbons (Fsp3) is 0.333. The Bertz CT molecular complexity index is 825. The molecular formula is C18H23N3O4S. The van der Waals surface area contributed by atoms with E-state index in [1.54, 1.807) is 48.8 Å². The number of benzene rings is 1. The van der Waals surface area contributed by atoms with Gasteiger partial charge >= 0.3 is 0 Å². The highest BCUT2D eigenvalue weighted by molar-refractivity contribution is 7.92. The lowest BCUT2D eigenvalue weighted by Crippen LogP contribution is -2.31. The van der Waals surface area contributed by atoms with Crippen molar-refractivity contribution in [3.05, 3.63) is 48.8 Å². The maximum Gasteiger partial charge on any atom is 0.232 e. The lowest BCUT2D eigenvalue weighted by Gasteiger charge is -2.24. The Morgan fingerprint density at radius 1 is 1.23 bits per heavy atom. The fourth-order valence-corrected chi connectivity index (χ4v) is 3.42. The fourth-order valence-electron chi connectivity index (χ4n) is 2.45. The second kappa shape index (κ2) is 9.19. The van der Waals surface area contributed by atoms with E-state index < -0.39 is 10.0 Å². The molecule has 1 aromatic heterocycles. The van der Waals surface area contributed by atoms with Crippen LogP contribution in [0.5, 0.6) is 5.75 Å². The summed E-state index contributed by atoms with van der Waals surface area (Å²) in [6, 6.07) is 10.4. The molecule has 0 atom stereocenters. The van der Waals surface area contributed by atoms with Crippen LogP contribution in [0.2, 0.25) is 0 Å². The van der Waals surface area contributed by atoms with Crippen molar-refractivity contribution >= 4 is 27.3 Å². The first kappa shape index (κ1) is 19.7. The molecule has 140 valence electrons. The molecule has 7 nitrogen and oxygen atoms in total. The number of ether oxygens (including phenoxy) is 1. The monoisotopic (exact) mass is 377 g/mol. The molecule has 0 bridgehead atoms. The number of hydrogen-bond donors (Lipinski definition) is 1. The third-order valence-corrected chi connectivity index (χ3v) is 4.72. The van der Waals surface area contributed by atoms with Gasteiger partial charge in [-0.3, -0.25) is 14.1 Å². The maximum absolute atomic E-state index is 12.2. The SMILES string of the molecule is CCOc1ccccc1N(CCCC(=O)Nc1cccnc1)S(C)(=O)=O. The molecule has 0 spiro atoms. The zero-order valence-electron chi connectivity index (χ0n) is 14.9. The van der Waals surface area contributed by atoms with Crippen LogP contribution in [-0.4, -0.2) is 38.7 Å². The molecule has 2 aromatic rings. The van der Waals surface area contributed by atoms with Crippen LogP contribution in [0.1, 0.15) is 19.8 Å². The van der Waals surface area contributed by atoms with Gasteiger partial charge in [-0.25, -0.2) is 8.42 Å². The zero-order valence-corrected chi connectivity index (χ0v) is 15.7. The van der Waals surface area contributed by atoms with E-state index in [-0.39, 0.29) is 18.9 Å². The molecule has 0 fully saturated rings. The van der Waals surface area contributed by atoms with Gasteiger partial charge in [0.25, 0.3) is 0 Å². The summed E-state index contributed by atoms with van der Waals surface area (Å²) in [4.78, 5) is 15.9. The van der Waals surface area contributed by atoms with Crippen molar-refractivity contribution in [3.63, 3.8) is 0 Å². The Morgan fingerprint density at radius 3 is 2.65 bits per heavy atom. The molecule has 0 aliphatic heterocycles. The predicted molar refractivity (Wildman–Crippen MR) is 102 cm³/mol. The number of nitrogens with zero attached hydrogens (tertiary/aromatic N) is 2. The molecule has 2 rings (SSSR count). The summed E-state index contributed by atoms with van der Waals surface area (Å²) in [6.45, 7) is 2.45. The van der Waals surface area contributed by atoms with Crippen LogP contribution in [-0.2, 0) is 14.8 Å². The van der Waals surface area contributed by atoms with E-state index >= 15 is 0 Å². The highest BCUT2D eigenvalue weighted by Gasteiger charge is 2.21. The van der Waals surface area contributed by atoms with Gasteiger partial charge in [0, 0.05) is 19.2 Å². The van der Waals surface area contributed by atoms with Crippen LogP contribution in [0.4, 0.5) is 11.4 Å². The second-order valence-corrected chi connectivity index (χ2v) is 7.54. The number of carbonyl (C=O) groups excluding carboxylic acids is 1. The van der Waals surface area contributed by atoms with E-state index in [1.807, 2.05) is 6.92 Å². The van der Waals surface area contributed by atoms with Crippen molar-refractivity contribution in [2.45, 2.75) is 19.8 Å². The minimum Gasteiger partial charge on any atom is -0.492 e. The van der Waals surface area contributed by atoms with E-state index in [2.05, 4.69) is 10.3 Å². The van der Waals surface area contributed by atoms with E-state index in [1.165, 1.54) is 4.31 Å². The van der Waals surface area contributed by atoms with Crippen LogP contribution in [0, 0.1) is 0 Å². The third kappa shape index (κ3) is 5.73. The lowest BCUT2D eigenvalue weighted by atomic mass is 10.2. The minimum atomic E-state index is -3.50. The Morgan fingerprint density at radius 2 is 2.00 bits per heavy atom. The van der Waals surface area contributed by atoms with Gasteiger partial charge in [0.1, 0.15) is 5.75 Å². The van der Waals surface area contributed by atoms with Crippen molar-refractivity contribution in [3.8, 4) is 5.75 Å². The summed E-state index contributed by atoms with van der Waals surface area (Å²) in [5, 5.41) is 2.73. The molecule has 1 N–H and O–H groups in total. The van der Waals surface area contributed by atoms with Gasteiger partial charge in [-0.2, -0.15) is 0 Å². The van der Waals surface area contributed by atoms with Gasteiger partial charge < -0.3 is 10.1 Å². The number of carbonyl (C=O) groups is 1. The van der Waals surface area contributed by atoms with Gasteiger partial charge in [0.15, 0.2) is 0 Å². The largest absolute Gasteiger partial charge is 0.492 e. The van der Waals surface area contributed by atoms with Crippen molar-refractivity contribution < 1.29 is 17.9 Å². The number of para-hydroxylation sites is 2. The zero-order chi connectivity index (χ0) is 19.0. The molecule has 0 aliphatic carbocycles. The van der Waals surface area contributed by atoms with Crippen LogP contribution in [0.25, 0.3) is 0 Å². The second-order valence-electron chi connectivity index (χ2n) is 5.63. The normalized spacial score (nSPS) is 11.0. The summed E-state index contributed by atoms with van der Waals surface area (Å²) in [6.07, 6.45) is 4.89. The van der Waals surface area contributed by atoms with Crippen molar-refractivity contribution in [1.82, 2.24) is 4.98 Å². The lowest BCUT2D eigenvalue weighted by molar-refractivity contribution is -0.116. The number of aromatic nitrogens is 1. The van der Waals surface area contributed by atoms with Crippen molar-refractivity contribution in [1.29, 1.82) is 0 Å². The average Bonchev–Trinajstić information content (AvgIpc) is 2.60. The molecule has 26 heavy (non-hydrogen) atoms. The number of rotatable bonds is 9. The summed E-state index contributed by atoms with van der Waals surface area (Å²) in [5.41, 5.74) is 1.09. The van der Waals surface area contributed by atoms with Gasteiger partial charge in [-0.1, -0.05) is 12.1 Å². The number of nitrogens with one attached hydrogen (secondary N) is 1. The Balaban J connectivity index is 2.02. The highest BCUT2D eigenvalue weighted by atomic mass is 32.2. The van der Waals surface area contributed by atoms with E-state index in [9.17, 15) is 13.2 Å². The van der Waals surface area contributed by atoms with Crippen molar-refractivity contribution in [2.75, 3.05) is 29.0 Å². The standard InChI is InChI=1S/C18H23N3O4S/c1-3-25-17-10-5-4-9-16(17)21(26(2,23)24)13-7-11-18(22)20-15-8-6-12-19-14-15/h4-6,8-10,12,14H,3,7,11,13H2,1-2H3,(H,20,22). The number of anilines is 2. The molecule has 0 radical (unpaired) electrons. The summed E-state index contributed by atoms with van der Waals surface area (Å²) < 4.78 is 31.2. The van der Waals surface area contributed by atoms with E-state index in [0.29, 0.717) is 30.2 Å². The average molecular weight is 377 g/mol. The van der Waals surface area contributed by atoms with Crippen LogP contribution in [0.3, 0.4) is 0 Å². The number of amides is 1. The molecule has 1 amide bonds. The molecule has 1 heterocycles. The first-order valence-corrected chi connectivity index (χ1v) is 10.2. The van der Waals surface area contributed by atoms with E-state index in [0.717, 1.165) is 6.26 Å². The molecule has 8 heteroatoms. The number of hydrogen-bond acceptors (Lipinski definition) is 5. The first-order valence-electron chi connectivity index (χ1n) is 8.31. The molecule has 0 unspecified atom stereocenters. The summed E-state index contributed by atoms with van der Waals surface area (Å²) >= 11 is 0. The molecule has 0 saturated heterocycles. The smallest absolute Gasteiger partial charge is 0.232 e. The van der Waals surface area contributed by atoms with Gasteiger partial charge in [-0.05, 0) is 37.6 Å². The third-order valence-electron chi connectivity index (χ3n) is 3.54. The Kier molecular flexibility index (Phi) is 6.97. The quantitative estimate of drug-likeness (QED) is 0.726. The molecule has 0 aliphatic rings. The van der Waals surface area contributed by atoms with Gasteiger partial charge in [0.2, 0.25) is 15.9 Å². The Hall–Kier alpha value is -2.61. The van der Waals surface area contributed by atoms with Crippen LogP contribution >= 0.6 is 0 Å².